The second-order valence-electron chi connectivity index (χ2n) is 5.28. The van der Waals surface area contributed by atoms with Crippen molar-refractivity contribution in [3.8, 4) is 0 Å². The van der Waals surface area contributed by atoms with Gasteiger partial charge < -0.3 is 5.11 Å². The Morgan fingerprint density at radius 2 is 1.96 bits per heavy atom. The summed E-state index contributed by atoms with van der Waals surface area (Å²) < 4.78 is 1.45. The van der Waals surface area contributed by atoms with E-state index in [4.69, 9.17) is 5.11 Å². The third-order valence-electron chi connectivity index (χ3n) is 3.36. The first-order valence-corrected chi connectivity index (χ1v) is 7.23. The van der Waals surface area contributed by atoms with Crippen LogP contribution in [0.4, 0.5) is 0 Å². The number of aryl methyl sites for hydroxylation is 1. The van der Waals surface area contributed by atoms with Gasteiger partial charge in [0.05, 0.1) is 6.54 Å². The molecule has 6 nitrogen and oxygen atoms in total. The molecule has 0 fully saturated rings. The summed E-state index contributed by atoms with van der Waals surface area (Å²) in [5.41, 5.74) is 1.58. The van der Waals surface area contributed by atoms with Crippen LogP contribution in [0.1, 0.15) is 29.5 Å². The summed E-state index contributed by atoms with van der Waals surface area (Å²) in [6.07, 6.45) is 5.83. The number of rotatable bonds is 6. The number of hydrogen-bond acceptors (Lipinski definition) is 3. The maximum absolute atomic E-state index is 11.7. The molecule has 0 saturated carbocycles. The highest BCUT2D eigenvalue weighted by Gasteiger charge is 2.02. The van der Waals surface area contributed by atoms with Crippen LogP contribution in [0.15, 0.2) is 46.1 Å². The molecule has 2 rings (SSSR count). The highest BCUT2D eigenvalue weighted by Crippen LogP contribution is 2.08. The molecule has 0 aliphatic rings. The van der Waals surface area contributed by atoms with Gasteiger partial charge in [-0.1, -0.05) is 36.4 Å². The van der Waals surface area contributed by atoms with Gasteiger partial charge in [-0.25, -0.2) is 4.79 Å². The minimum absolute atomic E-state index is 0.114. The highest BCUT2D eigenvalue weighted by molar-refractivity contribution is 5.67. The summed E-state index contributed by atoms with van der Waals surface area (Å²) in [4.78, 5) is 35.8. The smallest absolute Gasteiger partial charge is 0.328 e. The summed E-state index contributed by atoms with van der Waals surface area (Å²) in [6.45, 7) is 2.03. The zero-order valence-electron chi connectivity index (χ0n) is 12.8. The van der Waals surface area contributed by atoms with Gasteiger partial charge in [-0.3, -0.25) is 19.1 Å². The van der Waals surface area contributed by atoms with Crippen molar-refractivity contribution in [3.05, 3.63) is 74.1 Å². The number of nitrogens with one attached hydrogen (secondary N) is 1. The number of allylic oxidation sites excluding steroid dienone is 1. The van der Waals surface area contributed by atoms with E-state index in [0.717, 1.165) is 11.1 Å². The minimum Gasteiger partial charge on any atom is -0.481 e. The molecule has 120 valence electrons. The topological polar surface area (TPSA) is 92.2 Å². The van der Waals surface area contributed by atoms with Gasteiger partial charge in [-0.15, -0.1) is 0 Å². The van der Waals surface area contributed by atoms with Gasteiger partial charge in [0.2, 0.25) is 0 Å². The number of H-pyrrole nitrogens is 1. The van der Waals surface area contributed by atoms with Crippen molar-refractivity contribution in [1.82, 2.24) is 9.55 Å². The monoisotopic (exact) mass is 314 g/mol. The molecule has 6 heteroatoms. The van der Waals surface area contributed by atoms with Crippen molar-refractivity contribution in [2.75, 3.05) is 0 Å². The van der Waals surface area contributed by atoms with Crippen LogP contribution in [0.5, 0.6) is 0 Å². The lowest BCUT2D eigenvalue weighted by Gasteiger charge is -2.06. The van der Waals surface area contributed by atoms with Crippen LogP contribution in [-0.4, -0.2) is 20.6 Å². The van der Waals surface area contributed by atoms with Gasteiger partial charge in [-0.2, -0.15) is 0 Å². The Labute approximate surface area is 132 Å². The van der Waals surface area contributed by atoms with Gasteiger partial charge in [0.25, 0.3) is 5.56 Å². The van der Waals surface area contributed by atoms with Gasteiger partial charge >= 0.3 is 11.7 Å². The second-order valence-corrected chi connectivity index (χ2v) is 5.28. The lowest BCUT2D eigenvalue weighted by Crippen LogP contribution is -2.31. The molecule has 1 heterocycles. The largest absolute Gasteiger partial charge is 0.481 e. The first-order chi connectivity index (χ1) is 11.0. The van der Waals surface area contributed by atoms with Crippen molar-refractivity contribution in [1.29, 1.82) is 0 Å². The zero-order valence-corrected chi connectivity index (χ0v) is 12.8. The third kappa shape index (κ3) is 4.81. The Morgan fingerprint density at radius 1 is 1.26 bits per heavy atom. The minimum atomic E-state index is -0.813. The van der Waals surface area contributed by atoms with Crippen molar-refractivity contribution in [2.24, 2.45) is 0 Å². The molecule has 1 aromatic carbocycles. The first-order valence-electron chi connectivity index (χ1n) is 7.23. The first kappa shape index (κ1) is 16.5. The molecular weight excluding hydrogens is 296 g/mol. The molecular formula is C17H18N2O4. The van der Waals surface area contributed by atoms with Gasteiger partial charge in [0.1, 0.15) is 0 Å². The summed E-state index contributed by atoms with van der Waals surface area (Å²) in [5, 5.41) is 8.56. The fourth-order valence-corrected chi connectivity index (χ4v) is 2.09. The number of aromatic amines is 1. The number of benzene rings is 1. The molecule has 2 aromatic rings. The van der Waals surface area contributed by atoms with E-state index in [-0.39, 0.29) is 12.0 Å². The average Bonchev–Trinajstić information content (AvgIpc) is 2.50. The van der Waals surface area contributed by atoms with Crippen molar-refractivity contribution in [2.45, 2.75) is 26.3 Å². The summed E-state index contributed by atoms with van der Waals surface area (Å²) in [6, 6.07) is 7.58. The molecule has 0 spiro atoms. The summed E-state index contributed by atoms with van der Waals surface area (Å²) in [5.74, 6) is -0.813. The van der Waals surface area contributed by atoms with E-state index in [1.165, 1.54) is 4.57 Å². The fraction of sp³-hybridized carbons (Fsp3) is 0.235. The number of carboxylic acid groups (broad SMARTS) is 1. The van der Waals surface area contributed by atoms with Crippen molar-refractivity contribution < 1.29 is 9.90 Å². The quantitative estimate of drug-likeness (QED) is 0.850. The molecule has 23 heavy (non-hydrogen) atoms. The molecule has 0 unspecified atom stereocenters. The summed E-state index contributed by atoms with van der Waals surface area (Å²) in [7, 11) is 0. The van der Waals surface area contributed by atoms with Crippen LogP contribution in [0.2, 0.25) is 0 Å². The Balaban J connectivity index is 2.06. The zero-order chi connectivity index (χ0) is 16.8. The van der Waals surface area contributed by atoms with Crippen LogP contribution in [0, 0.1) is 6.92 Å². The van der Waals surface area contributed by atoms with E-state index < -0.39 is 11.7 Å². The van der Waals surface area contributed by atoms with E-state index in [1.54, 1.807) is 13.1 Å². The third-order valence-corrected chi connectivity index (χ3v) is 3.36. The predicted octanol–water partition coefficient (Wildman–Crippen LogP) is 1.77. The Bertz CT molecular complexity index is 829. The number of aromatic nitrogens is 2. The van der Waals surface area contributed by atoms with Crippen LogP contribution >= 0.6 is 0 Å². The normalized spacial score (nSPS) is 11.0. The van der Waals surface area contributed by atoms with Crippen LogP contribution in [0.3, 0.4) is 0 Å². The maximum atomic E-state index is 11.7. The standard InChI is InChI=1S/C17H18N2O4/c1-12-10-19(17(23)18-16(12)22)11-14-8-6-13(7-9-14)4-2-3-5-15(20)21/h2,4,6-10H,3,5,11H2,1H3,(H,20,21)(H,18,22,23)/b4-2+. The molecule has 2 N–H and O–H groups in total. The average molecular weight is 314 g/mol. The number of aliphatic carboxylic acids is 1. The van der Waals surface area contributed by atoms with Crippen molar-refractivity contribution in [3.63, 3.8) is 0 Å². The van der Waals surface area contributed by atoms with Gasteiger partial charge in [-0.05, 0) is 24.5 Å². The molecule has 1 aromatic heterocycles. The van der Waals surface area contributed by atoms with E-state index in [0.29, 0.717) is 18.5 Å². The molecule has 0 bridgehead atoms. The molecule has 0 aliphatic carbocycles. The maximum Gasteiger partial charge on any atom is 0.328 e. The second kappa shape index (κ2) is 7.40. The number of carbonyl (C=O) groups is 1. The Kier molecular flexibility index (Phi) is 5.30. The van der Waals surface area contributed by atoms with Crippen LogP contribution < -0.4 is 11.2 Å². The highest BCUT2D eigenvalue weighted by atomic mass is 16.4. The predicted molar refractivity (Wildman–Crippen MR) is 87.5 cm³/mol. The Hall–Kier alpha value is -2.89. The van der Waals surface area contributed by atoms with E-state index >= 15 is 0 Å². The molecule has 0 atom stereocenters. The number of carboxylic acids is 1. The van der Waals surface area contributed by atoms with E-state index in [2.05, 4.69) is 4.98 Å². The van der Waals surface area contributed by atoms with E-state index in [1.807, 2.05) is 36.4 Å². The SMILES string of the molecule is Cc1cn(Cc2ccc(/C=C/CCC(=O)O)cc2)c(=O)[nH]c1=O. The van der Waals surface area contributed by atoms with Crippen molar-refractivity contribution >= 4 is 12.0 Å². The van der Waals surface area contributed by atoms with E-state index in [9.17, 15) is 14.4 Å². The van der Waals surface area contributed by atoms with Gasteiger partial charge in [0.15, 0.2) is 0 Å². The molecule has 0 aliphatic heterocycles. The lowest BCUT2D eigenvalue weighted by atomic mass is 10.1. The molecule has 0 saturated heterocycles. The van der Waals surface area contributed by atoms with Crippen LogP contribution in [0.25, 0.3) is 6.08 Å². The lowest BCUT2D eigenvalue weighted by molar-refractivity contribution is -0.136. The summed E-state index contributed by atoms with van der Waals surface area (Å²) >= 11 is 0. The molecule has 0 radical (unpaired) electrons. The van der Waals surface area contributed by atoms with Crippen LogP contribution in [-0.2, 0) is 11.3 Å². The number of hydrogen-bond donors (Lipinski definition) is 2. The Morgan fingerprint density at radius 3 is 2.61 bits per heavy atom. The van der Waals surface area contributed by atoms with Gasteiger partial charge in [0, 0.05) is 18.2 Å². The molecule has 0 amide bonds. The fourth-order valence-electron chi connectivity index (χ4n) is 2.09. The number of nitrogens with zero attached hydrogens (tertiary/aromatic N) is 1.